The van der Waals surface area contributed by atoms with Gasteiger partial charge < -0.3 is 20.3 Å². The lowest BCUT2D eigenvalue weighted by atomic mass is 10.1. The van der Waals surface area contributed by atoms with Crippen LogP contribution >= 0.6 is 0 Å². The van der Waals surface area contributed by atoms with Gasteiger partial charge in [0.1, 0.15) is 5.75 Å². The number of hydrogen-bond acceptors (Lipinski definition) is 3. The van der Waals surface area contributed by atoms with E-state index in [-0.39, 0.29) is 0 Å². The smallest absolute Gasteiger partial charge is 0.191 e. The van der Waals surface area contributed by atoms with E-state index in [1.165, 1.54) is 16.8 Å². The second-order valence-corrected chi connectivity index (χ2v) is 5.98. The first-order chi connectivity index (χ1) is 12.1. The van der Waals surface area contributed by atoms with Crippen LogP contribution in [0, 0.1) is 0 Å². The van der Waals surface area contributed by atoms with E-state index in [4.69, 9.17) is 4.74 Å². The lowest BCUT2D eigenvalue weighted by Crippen LogP contribution is -2.37. The van der Waals surface area contributed by atoms with Crippen LogP contribution in [0.4, 0.5) is 5.69 Å². The first-order valence-corrected chi connectivity index (χ1v) is 8.46. The summed E-state index contributed by atoms with van der Waals surface area (Å²) in [6, 6.07) is 16.6. The van der Waals surface area contributed by atoms with Crippen LogP contribution in [0.3, 0.4) is 0 Å². The Bertz CT molecular complexity index is 698. The molecule has 0 bridgehead atoms. The monoisotopic (exact) mass is 340 g/mol. The largest absolute Gasteiger partial charge is 0.496 e. The van der Waals surface area contributed by atoms with Crippen molar-refractivity contribution in [1.82, 2.24) is 10.6 Å². The van der Waals surface area contributed by atoms with Gasteiger partial charge in [-0.05, 0) is 35.7 Å². The zero-order valence-electron chi connectivity index (χ0n) is 15.5. The van der Waals surface area contributed by atoms with Crippen molar-refractivity contribution in [2.75, 3.05) is 39.7 Å². The van der Waals surface area contributed by atoms with Crippen molar-refractivity contribution in [2.45, 2.75) is 13.0 Å². The summed E-state index contributed by atoms with van der Waals surface area (Å²) in [5.74, 6) is 1.72. The molecular formula is C20H28N4O. The summed E-state index contributed by atoms with van der Waals surface area (Å²) in [4.78, 5) is 6.39. The summed E-state index contributed by atoms with van der Waals surface area (Å²) in [5, 5.41) is 6.71. The molecule has 5 nitrogen and oxygen atoms in total. The Kier molecular flexibility index (Phi) is 7.14. The molecular weight excluding hydrogens is 312 g/mol. The third kappa shape index (κ3) is 5.71. The molecule has 0 heterocycles. The molecule has 0 fully saturated rings. The average molecular weight is 340 g/mol. The maximum absolute atomic E-state index is 5.39. The molecule has 0 spiro atoms. The van der Waals surface area contributed by atoms with Gasteiger partial charge in [-0.15, -0.1) is 0 Å². The van der Waals surface area contributed by atoms with Crippen LogP contribution in [0.2, 0.25) is 0 Å². The highest BCUT2D eigenvalue weighted by molar-refractivity contribution is 5.79. The van der Waals surface area contributed by atoms with Gasteiger partial charge >= 0.3 is 0 Å². The van der Waals surface area contributed by atoms with Crippen molar-refractivity contribution in [3.05, 3.63) is 59.7 Å². The number of methoxy groups -OCH3 is 1. The van der Waals surface area contributed by atoms with Crippen molar-refractivity contribution in [2.24, 2.45) is 4.99 Å². The molecule has 25 heavy (non-hydrogen) atoms. The molecule has 0 unspecified atom stereocenters. The van der Waals surface area contributed by atoms with Gasteiger partial charge in [-0.1, -0.05) is 30.3 Å². The van der Waals surface area contributed by atoms with Gasteiger partial charge in [0.05, 0.1) is 7.11 Å². The van der Waals surface area contributed by atoms with Crippen molar-refractivity contribution >= 4 is 11.6 Å². The Morgan fingerprint density at radius 2 is 1.88 bits per heavy atom. The number of guanidine groups is 1. The van der Waals surface area contributed by atoms with E-state index in [0.717, 1.165) is 31.2 Å². The summed E-state index contributed by atoms with van der Waals surface area (Å²) in [6.07, 6.45) is 0.876. The summed E-state index contributed by atoms with van der Waals surface area (Å²) >= 11 is 0. The van der Waals surface area contributed by atoms with E-state index in [2.05, 4.69) is 50.9 Å². The minimum atomic E-state index is 0.732. The molecule has 2 N–H and O–H groups in total. The highest BCUT2D eigenvalue weighted by Gasteiger charge is 2.03. The Hall–Kier alpha value is -2.69. The number of ether oxygens (including phenoxy) is 1. The second kappa shape index (κ2) is 9.57. The molecule has 0 aliphatic heterocycles. The first kappa shape index (κ1) is 18.6. The predicted octanol–water partition coefficient (Wildman–Crippen LogP) is 2.67. The molecule has 0 aliphatic rings. The minimum absolute atomic E-state index is 0.732. The molecule has 0 saturated carbocycles. The minimum Gasteiger partial charge on any atom is -0.496 e. The zero-order valence-corrected chi connectivity index (χ0v) is 15.5. The highest BCUT2D eigenvalue weighted by Crippen LogP contribution is 2.17. The van der Waals surface area contributed by atoms with E-state index in [1.807, 2.05) is 32.3 Å². The average Bonchev–Trinajstić information content (AvgIpc) is 2.65. The summed E-state index contributed by atoms with van der Waals surface area (Å²) in [7, 11) is 7.58. The summed E-state index contributed by atoms with van der Waals surface area (Å²) < 4.78 is 5.39. The molecule has 2 rings (SSSR count). The van der Waals surface area contributed by atoms with Crippen molar-refractivity contribution in [3.63, 3.8) is 0 Å². The van der Waals surface area contributed by atoms with E-state index in [9.17, 15) is 0 Å². The molecule has 0 saturated heterocycles. The van der Waals surface area contributed by atoms with Gasteiger partial charge in [0.2, 0.25) is 0 Å². The van der Waals surface area contributed by atoms with Gasteiger partial charge in [0.25, 0.3) is 0 Å². The van der Waals surface area contributed by atoms with Gasteiger partial charge in [-0.2, -0.15) is 0 Å². The maximum Gasteiger partial charge on any atom is 0.191 e. The Labute approximate surface area is 150 Å². The predicted molar refractivity (Wildman–Crippen MR) is 106 cm³/mol. The number of aliphatic imine (C=N–C) groups is 1. The highest BCUT2D eigenvalue weighted by atomic mass is 16.5. The molecule has 0 aliphatic carbocycles. The van der Waals surface area contributed by atoms with Crippen LogP contribution in [0.15, 0.2) is 53.5 Å². The summed E-state index contributed by atoms with van der Waals surface area (Å²) in [5.41, 5.74) is 3.60. The number of hydrogen-bond donors (Lipinski definition) is 2. The van der Waals surface area contributed by atoms with Crippen LogP contribution in [-0.4, -0.2) is 40.8 Å². The van der Waals surface area contributed by atoms with Crippen molar-refractivity contribution in [3.8, 4) is 5.75 Å². The van der Waals surface area contributed by atoms with E-state index in [0.29, 0.717) is 0 Å². The Balaban J connectivity index is 1.84. The van der Waals surface area contributed by atoms with Crippen LogP contribution in [0.25, 0.3) is 0 Å². The Morgan fingerprint density at radius 1 is 1.08 bits per heavy atom. The van der Waals surface area contributed by atoms with Crippen LogP contribution < -0.4 is 20.3 Å². The fourth-order valence-electron chi connectivity index (χ4n) is 2.58. The third-order valence-electron chi connectivity index (χ3n) is 3.99. The number of anilines is 1. The lowest BCUT2D eigenvalue weighted by Gasteiger charge is -2.15. The molecule has 0 aromatic heterocycles. The van der Waals surface area contributed by atoms with E-state index in [1.54, 1.807) is 14.2 Å². The normalized spacial score (nSPS) is 11.1. The standard InChI is InChI=1S/C20H28N4O/c1-21-20(22-13-12-17-9-5-6-11-19(17)25-4)23-15-16-8-7-10-18(14-16)24(2)3/h5-11,14H,12-13,15H2,1-4H3,(H2,21,22,23). The van der Waals surface area contributed by atoms with Crippen molar-refractivity contribution < 1.29 is 4.74 Å². The van der Waals surface area contributed by atoms with Gasteiger partial charge in [0.15, 0.2) is 5.96 Å². The fraction of sp³-hybridized carbons (Fsp3) is 0.350. The lowest BCUT2D eigenvalue weighted by molar-refractivity contribution is 0.409. The van der Waals surface area contributed by atoms with E-state index >= 15 is 0 Å². The number of nitrogens with zero attached hydrogens (tertiary/aromatic N) is 2. The first-order valence-electron chi connectivity index (χ1n) is 8.46. The molecule has 2 aromatic carbocycles. The van der Waals surface area contributed by atoms with Gasteiger partial charge in [-0.25, -0.2) is 0 Å². The molecule has 2 aromatic rings. The molecule has 0 radical (unpaired) electrons. The summed E-state index contributed by atoms with van der Waals surface area (Å²) in [6.45, 7) is 1.52. The van der Waals surface area contributed by atoms with Crippen LogP contribution in [0.5, 0.6) is 5.75 Å². The number of benzene rings is 2. The fourth-order valence-corrected chi connectivity index (χ4v) is 2.58. The maximum atomic E-state index is 5.39. The molecule has 0 amide bonds. The van der Waals surface area contributed by atoms with Gasteiger partial charge in [-0.3, -0.25) is 4.99 Å². The molecule has 5 heteroatoms. The molecule has 134 valence electrons. The van der Waals surface area contributed by atoms with Crippen LogP contribution in [-0.2, 0) is 13.0 Å². The van der Waals surface area contributed by atoms with Crippen molar-refractivity contribution in [1.29, 1.82) is 0 Å². The zero-order chi connectivity index (χ0) is 18.1. The number of para-hydroxylation sites is 1. The second-order valence-electron chi connectivity index (χ2n) is 5.98. The number of nitrogens with one attached hydrogen (secondary N) is 2. The topological polar surface area (TPSA) is 48.9 Å². The van der Waals surface area contributed by atoms with E-state index < -0.39 is 0 Å². The number of rotatable bonds is 7. The quantitative estimate of drug-likeness (QED) is 0.601. The van der Waals surface area contributed by atoms with Gasteiger partial charge in [0, 0.05) is 39.9 Å². The Morgan fingerprint density at radius 3 is 2.60 bits per heavy atom. The molecule has 0 atom stereocenters. The van der Waals surface area contributed by atoms with Crippen LogP contribution in [0.1, 0.15) is 11.1 Å². The third-order valence-corrected chi connectivity index (χ3v) is 3.99. The SMILES string of the molecule is CN=C(NCCc1ccccc1OC)NCc1cccc(N(C)C)c1.